The lowest BCUT2D eigenvalue weighted by molar-refractivity contribution is -0.137. The minimum atomic E-state index is -4.45. The van der Waals surface area contributed by atoms with Crippen LogP contribution >= 0.6 is 0 Å². The first-order chi connectivity index (χ1) is 21.9. The fraction of sp³-hybridized carbons (Fsp3) is 0.0952. The van der Waals surface area contributed by atoms with E-state index < -0.39 is 11.7 Å². The quantitative estimate of drug-likeness (QED) is 0.180. The van der Waals surface area contributed by atoms with E-state index in [0.29, 0.717) is 5.39 Å². The van der Waals surface area contributed by atoms with Gasteiger partial charge in [-0.3, -0.25) is 0 Å². The Morgan fingerprint density at radius 2 is 1.33 bits per heavy atom. The van der Waals surface area contributed by atoms with E-state index in [1.807, 2.05) is 24.3 Å². The SMILES string of the molecule is Cc1ccc2c(-c3ccc(-c4cccc5ccccc45)cc3)c3cc(C(F)(F)F)ccc3c(C3CC=Cc4ccccc43)c2c1. The third kappa shape index (κ3) is 4.62. The fourth-order valence-electron chi connectivity index (χ4n) is 7.24. The van der Waals surface area contributed by atoms with Crippen LogP contribution in [0.4, 0.5) is 13.2 Å². The van der Waals surface area contributed by atoms with Gasteiger partial charge in [0.15, 0.2) is 0 Å². The van der Waals surface area contributed by atoms with E-state index in [0.717, 1.165) is 61.5 Å². The van der Waals surface area contributed by atoms with Gasteiger partial charge < -0.3 is 0 Å². The molecule has 1 unspecified atom stereocenters. The molecule has 7 aromatic rings. The minimum absolute atomic E-state index is 0.0255. The van der Waals surface area contributed by atoms with Crippen molar-refractivity contribution in [3.63, 3.8) is 0 Å². The molecule has 0 N–H and O–H groups in total. The van der Waals surface area contributed by atoms with E-state index in [9.17, 15) is 13.2 Å². The number of fused-ring (bicyclic) bond motifs is 4. The minimum Gasteiger partial charge on any atom is -0.166 e. The molecule has 1 aliphatic carbocycles. The summed E-state index contributed by atoms with van der Waals surface area (Å²) in [6.45, 7) is 2.08. The van der Waals surface area contributed by atoms with E-state index in [-0.39, 0.29) is 5.92 Å². The highest BCUT2D eigenvalue weighted by Crippen LogP contribution is 2.48. The summed E-state index contributed by atoms with van der Waals surface area (Å²) in [6.07, 6.45) is 0.668. The standard InChI is InChI=1S/C42H29F3/c1-26-16-22-36-38(24-26)41(35-15-7-11-28-9-3-5-13-34(28)35)37-23-21-31(42(43,44)45)25-39(37)40(36)30-19-17-29(18-20-30)33-14-6-10-27-8-2-4-12-32(27)33/h2-14,16-25,35H,15H2,1H3. The molecule has 0 radical (unpaired) electrons. The largest absolute Gasteiger partial charge is 0.416 e. The molecule has 0 spiro atoms. The van der Waals surface area contributed by atoms with Crippen molar-refractivity contribution in [2.24, 2.45) is 0 Å². The molecule has 0 fully saturated rings. The van der Waals surface area contributed by atoms with Crippen molar-refractivity contribution in [2.75, 3.05) is 0 Å². The highest BCUT2D eigenvalue weighted by Gasteiger charge is 2.32. The number of hydrogen-bond donors (Lipinski definition) is 0. The number of aryl methyl sites for hydroxylation is 1. The van der Waals surface area contributed by atoms with Crippen LogP contribution in [0.15, 0.2) is 133 Å². The first kappa shape index (κ1) is 27.4. The first-order valence-corrected chi connectivity index (χ1v) is 15.3. The Morgan fingerprint density at radius 1 is 0.600 bits per heavy atom. The van der Waals surface area contributed by atoms with Crippen molar-refractivity contribution in [1.82, 2.24) is 0 Å². The van der Waals surface area contributed by atoms with Crippen LogP contribution < -0.4 is 0 Å². The average Bonchev–Trinajstić information content (AvgIpc) is 3.06. The van der Waals surface area contributed by atoms with Crippen LogP contribution in [0.3, 0.4) is 0 Å². The number of halogens is 3. The normalized spacial score (nSPS) is 14.7. The van der Waals surface area contributed by atoms with Crippen LogP contribution in [0, 0.1) is 6.92 Å². The second-order valence-electron chi connectivity index (χ2n) is 12.0. The molecule has 7 aromatic carbocycles. The zero-order valence-corrected chi connectivity index (χ0v) is 24.7. The average molecular weight is 591 g/mol. The number of allylic oxidation sites excluding steroid dienone is 1. The Kier molecular flexibility index (Phi) is 6.39. The number of benzene rings is 7. The highest BCUT2D eigenvalue weighted by atomic mass is 19.4. The van der Waals surface area contributed by atoms with Crippen LogP contribution in [-0.4, -0.2) is 0 Å². The lowest BCUT2D eigenvalue weighted by Crippen LogP contribution is -2.09. The van der Waals surface area contributed by atoms with Crippen LogP contribution in [-0.2, 0) is 6.18 Å². The summed E-state index contributed by atoms with van der Waals surface area (Å²) < 4.78 is 42.7. The van der Waals surface area contributed by atoms with E-state index >= 15 is 0 Å². The smallest absolute Gasteiger partial charge is 0.166 e. The molecule has 0 aliphatic heterocycles. The Labute approximate surface area is 260 Å². The summed E-state index contributed by atoms with van der Waals surface area (Å²) in [4.78, 5) is 0. The molecule has 3 heteroatoms. The van der Waals surface area contributed by atoms with Gasteiger partial charge in [0.1, 0.15) is 0 Å². The van der Waals surface area contributed by atoms with Crippen LogP contribution in [0.1, 0.15) is 40.2 Å². The molecule has 218 valence electrons. The van der Waals surface area contributed by atoms with E-state index in [1.54, 1.807) is 6.07 Å². The van der Waals surface area contributed by atoms with E-state index in [2.05, 4.69) is 104 Å². The van der Waals surface area contributed by atoms with E-state index in [4.69, 9.17) is 0 Å². The highest BCUT2D eigenvalue weighted by molar-refractivity contribution is 6.16. The monoisotopic (exact) mass is 590 g/mol. The molecule has 1 aliphatic rings. The molecule has 1 atom stereocenters. The number of hydrogen-bond acceptors (Lipinski definition) is 0. The number of alkyl halides is 3. The van der Waals surface area contributed by atoms with Crippen molar-refractivity contribution in [1.29, 1.82) is 0 Å². The first-order valence-electron chi connectivity index (χ1n) is 15.3. The Morgan fingerprint density at radius 3 is 2.18 bits per heavy atom. The van der Waals surface area contributed by atoms with Crippen molar-refractivity contribution >= 4 is 38.4 Å². The Bertz CT molecular complexity index is 2280. The van der Waals surface area contributed by atoms with Crippen LogP contribution in [0.5, 0.6) is 0 Å². The van der Waals surface area contributed by atoms with Gasteiger partial charge in [-0.2, -0.15) is 13.2 Å². The van der Waals surface area contributed by atoms with Crippen LogP contribution in [0.25, 0.3) is 60.6 Å². The summed E-state index contributed by atoms with van der Waals surface area (Å²) in [5.74, 6) is 0.0255. The number of rotatable bonds is 3. The second-order valence-corrected chi connectivity index (χ2v) is 12.0. The summed E-state index contributed by atoms with van der Waals surface area (Å²) in [7, 11) is 0. The summed E-state index contributed by atoms with van der Waals surface area (Å²) in [5, 5.41) is 5.88. The zero-order chi connectivity index (χ0) is 30.7. The van der Waals surface area contributed by atoms with Gasteiger partial charge in [-0.05, 0) is 96.7 Å². The van der Waals surface area contributed by atoms with Crippen molar-refractivity contribution in [3.8, 4) is 22.3 Å². The van der Waals surface area contributed by atoms with Gasteiger partial charge in [0.05, 0.1) is 5.56 Å². The van der Waals surface area contributed by atoms with Gasteiger partial charge in [0.25, 0.3) is 0 Å². The molecule has 0 amide bonds. The lowest BCUT2D eigenvalue weighted by Gasteiger charge is -2.27. The summed E-state index contributed by atoms with van der Waals surface area (Å²) in [6, 6.07) is 41.9. The third-order valence-electron chi connectivity index (χ3n) is 9.30. The zero-order valence-electron chi connectivity index (χ0n) is 24.7. The van der Waals surface area contributed by atoms with Gasteiger partial charge in [-0.15, -0.1) is 0 Å². The van der Waals surface area contributed by atoms with Gasteiger partial charge in [-0.25, -0.2) is 0 Å². The maximum atomic E-state index is 14.2. The molecular formula is C42H29F3. The predicted molar refractivity (Wildman–Crippen MR) is 182 cm³/mol. The van der Waals surface area contributed by atoms with Crippen LogP contribution in [0.2, 0.25) is 0 Å². The Balaban J connectivity index is 1.41. The summed E-state index contributed by atoms with van der Waals surface area (Å²) >= 11 is 0. The topological polar surface area (TPSA) is 0 Å². The van der Waals surface area contributed by atoms with E-state index in [1.165, 1.54) is 28.5 Å². The van der Waals surface area contributed by atoms with Gasteiger partial charge in [0, 0.05) is 5.92 Å². The Hall–Kier alpha value is -5.15. The second kappa shape index (κ2) is 10.5. The maximum absolute atomic E-state index is 14.2. The molecular weight excluding hydrogens is 561 g/mol. The van der Waals surface area contributed by atoms with Gasteiger partial charge in [-0.1, -0.05) is 133 Å². The summed E-state index contributed by atoms with van der Waals surface area (Å²) in [5.41, 5.74) is 7.86. The fourth-order valence-corrected chi connectivity index (χ4v) is 7.24. The maximum Gasteiger partial charge on any atom is 0.416 e. The van der Waals surface area contributed by atoms with Crippen molar-refractivity contribution in [3.05, 3.63) is 161 Å². The predicted octanol–water partition coefficient (Wildman–Crippen LogP) is 12.4. The molecule has 0 heterocycles. The molecule has 0 bridgehead atoms. The molecule has 45 heavy (non-hydrogen) atoms. The van der Waals surface area contributed by atoms with Crippen molar-refractivity contribution < 1.29 is 13.2 Å². The lowest BCUT2D eigenvalue weighted by atomic mass is 9.76. The molecule has 8 rings (SSSR count). The molecule has 0 saturated heterocycles. The third-order valence-corrected chi connectivity index (χ3v) is 9.30. The van der Waals surface area contributed by atoms with Gasteiger partial charge in [0.2, 0.25) is 0 Å². The molecule has 0 nitrogen and oxygen atoms in total. The molecule has 0 saturated carbocycles. The molecule has 0 aromatic heterocycles. The van der Waals surface area contributed by atoms with Gasteiger partial charge >= 0.3 is 6.18 Å². The van der Waals surface area contributed by atoms with Crippen molar-refractivity contribution in [2.45, 2.75) is 25.4 Å².